The second-order valence-corrected chi connectivity index (χ2v) is 8.22. The number of hydrogen-bond donors (Lipinski definition) is 0. The highest BCUT2D eigenvalue weighted by molar-refractivity contribution is 7.18. The second-order valence-electron chi connectivity index (χ2n) is 7.01. The zero-order valence-electron chi connectivity index (χ0n) is 17.5. The van der Waals surface area contributed by atoms with Crippen molar-refractivity contribution in [2.75, 3.05) is 26.7 Å². The lowest BCUT2D eigenvalue weighted by molar-refractivity contribution is -0.130. The van der Waals surface area contributed by atoms with Crippen LogP contribution in [0.4, 0.5) is 0 Å². The smallest absolute Gasteiger partial charge is 0.263 e. The SMILES string of the molecule is CCCCN(C)C(=O)Cn1c(CN(CC)CC)nc2sc(C)c(C)c2c1=O. The Balaban J connectivity index is 2.49. The number of carbonyl (C=O) groups excluding carboxylic acids is 1. The maximum atomic E-state index is 13.3. The molecule has 2 aromatic rings. The quantitative estimate of drug-likeness (QED) is 0.658. The molecule has 2 aromatic heterocycles. The molecule has 0 aliphatic carbocycles. The van der Waals surface area contributed by atoms with Crippen LogP contribution in [-0.2, 0) is 17.9 Å². The van der Waals surface area contributed by atoms with E-state index < -0.39 is 0 Å². The number of nitrogens with zero attached hydrogens (tertiary/aromatic N) is 4. The third-order valence-corrected chi connectivity index (χ3v) is 6.29. The van der Waals surface area contributed by atoms with Gasteiger partial charge in [-0.3, -0.25) is 19.1 Å². The average molecular weight is 393 g/mol. The number of rotatable bonds is 9. The predicted molar refractivity (Wildman–Crippen MR) is 113 cm³/mol. The Morgan fingerprint density at radius 1 is 1.19 bits per heavy atom. The minimum atomic E-state index is -0.0961. The Morgan fingerprint density at radius 3 is 2.44 bits per heavy atom. The predicted octanol–water partition coefficient (Wildman–Crippen LogP) is 3.18. The lowest BCUT2D eigenvalue weighted by Gasteiger charge is -2.22. The summed E-state index contributed by atoms with van der Waals surface area (Å²) in [7, 11) is 1.80. The first kappa shape index (κ1) is 21.6. The van der Waals surface area contributed by atoms with Crippen LogP contribution in [0.3, 0.4) is 0 Å². The van der Waals surface area contributed by atoms with Gasteiger partial charge in [-0.1, -0.05) is 27.2 Å². The number of likely N-dealkylation sites (N-methyl/N-ethyl adjacent to an activating group) is 1. The molecule has 6 nitrogen and oxygen atoms in total. The number of hydrogen-bond acceptors (Lipinski definition) is 5. The molecule has 0 unspecified atom stereocenters. The Kier molecular flexibility index (Phi) is 7.56. The van der Waals surface area contributed by atoms with Gasteiger partial charge in [0, 0.05) is 18.5 Å². The van der Waals surface area contributed by atoms with Gasteiger partial charge in [-0.15, -0.1) is 11.3 Å². The number of amides is 1. The molecular weight excluding hydrogens is 360 g/mol. The number of carbonyl (C=O) groups is 1. The minimum Gasteiger partial charge on any atom is -0.344 e. The van der Waals surface area contributed by atoms with Gasteiger partial charge in [-0.05, 0) is 38.9 Å². The molecule has 0 saturated heterocycles. The lowest BCUT2D eigenvalue weighted by Crippen LogP contribution is -2.37. The third kappa shape index (κ3) is 4.76. The largest absolute Gasteiger partial charge is 0.344 e. The summed E-state index contributed by atoms with van der Waals surface area (Å²) in [5, 5.41) is 0.657. The monoisotopic (exact) mass is 392 g/mol. The van der Waals surface area contributed by atoms with E-state index in [2.05, 4.69) is 25.7 Å². The zero-order chi connectivity index (χ0) is 20.1. The first-order chi connectivity index (χ1) is 12.8. The van der Waals surface area contributed by atoms with Gasteiger partial charge in [0.05, 0.1) is 11.9 Å². The Morgan fingerprint density at radius 2 is 1.85 bits per heavy atom. The summed E-state index contributed by atoms with van der Waals surface area (Å²) in [5.41, 5.74) is 0.878. The van der Waals surface area contributed by atoms with Crippen molar-refractivity contribution >= 4 is 27.5 Å². The van der Waals surface area contributed by atoms with Crippen LogP contribution in [0.1, 0.15) is 49.9 Å². The van der Waals surface area contributed by atoms with Crippen LogP contribution in [0.25, 0.3) is 10.2 Å². The van der Waals surface area contributed by atoms with Crippen LogP contribution >= 0.6 is 11.3 Å². The van der Waals surface area contributed by atoms with E-state index in [4.69, 9.17) is 4.98 Å². The fourth-order valence-corrected chi connectivity index (χ4v) is 4.11. The Labute approximate surface area is 165 Å². The van der Waals surface area contributed by atoms with Crippen molar-refractivity contribution in [2.45, 2.75) is 60.5 Å². The highest BCUT2D eigenvalue weighted by Crippen LogP contribution is 2.26. The first-order valence-electron chi connectivity index (χ1n) is 9.79. The van der Waals surface area contributed by atoms with Gasteiger partial charge in [-0.25, -0.2) is 4.98 Å². The molecule has 0 N–H and O–H groups in total. The van der Waals surface area contributed by atoms with Gasteiger partial charge in [0.1, 0.15) is 17.2 Å². The maximum Gasteiger partial charge on any atom is 0.263 e. The molecule has 0 radical (unpaired) electrons. The van der Waals surface area contributed by atoms with Crippen molar-refractivity contribution in [2.24, 2.45) is 0 Å². The van der Waals surface area contributed by atoms with Crippen LogP contribution in [0, 0.1) is 13.8 Å². The lowest BCUT2D eigenvalue weighted by atomic mass is 10.2. The average Bonchev–Trinajstić information content (AvgIpc) is 2.94. The van der Waals surface area contributed by atoms with Crippen molar-refractivity contribution < 1.29 is 4.79 Å². The van der Waals surface area contributed by atoms with Gasteiger partial charge in [0.2, 0.25) is 5.91 Å². The molecule has 0 aliphatic rings. The fraction of sp³-hybridized carbons (Fsp3) is 0.650. The van der Waals surface area contributed by atoms with Crippen molar-refractivity contribution in [1.82, 2.24) is 19.4 Å². The van der Waals surface area contributed by atoms with Gasteiger partial charge in [0.15, 0.2) is 0 Å². The van der Waals surface area contributed by atoms with E-state index in [1.54, 1.807) is 27.9 Å². The van der Waals surface area contributed by atoms with Crippen LogP contribution in [0.2, 0.25) is 0 Å². The number of fused-ring (bicyclic) bond motifs is 1. The molecule has 2 heterocycles. The standard InChI is InChI=1S/C20H32N4O2S/c1-7-10-11-22(6)17(25)13-24-16(12-23(8-2)9-3)21-19-18(20(24)26)14(4)15(5)27-19/h7-13H2,1-6H3. The van der Waals surface area contributed by atoms with Crippen LogP contribution < -0.4 is 5.56 Å². The number of thiophene rings is 1. The number of aromatic nitrogens is 2. The van der Waals surface area contributed by atoms with Gasteiger partial charge < -0.3 is 4.90 Å². The Hall–Kier alpha value is -1.73. The molecule has 7 heteroatoms. The highest BCUT2D eigenvalue weighted by Gasteiger charge is 2.20. The van der Waals surface area contributed by atoms with E-state index in [0.717, 1.165) is 41.2 Å². The van der Waals surface area contributed by atoms with Crippen molar-refractivity contribution in [3.05, 3.63) is 26.6 Å². The van der Waals surface area contributed by atoms with Crippen LogP contribution in [0.15, 0.2) is 4.79 Å². The molecule has 150 valence electrons. The molecule has 0 fully saturated rings. The van der Waals surface area contributed by atoms with E-state index in [9.17, 15) is 9.59 Å². The van der Waals surface area contributed by atoms with E-state index in [1.807, 2.05) is 13.8 Å². The number of unbranched alkanes of at least 4 members (excludes halogenated alkanes) is 1. The summed E-state index contributed by atoms with van der Waals surface area (Å²) in [6.45, 7) is 13.3. The van der Waals surface area contributed by atoms with Gasteiger partial charge in [-0.2, -0.15) is 0 Å². The summed E-state index contributed by atoms with van der Waals surface area (Å²) in [5.74, 6) is 0.631. The van der Waals surface area contributed by atoms with Gasteiger partial charge in [0.25, 0.3) is 5.56 Å². The highest BCUT2D eigenvalue weighted by atomic mass is 32.1. The van der Waals surface area contributed by atoms with E-state index in [1.165, 1.54) is 0 Å². The minimum absolute atomic E-state index is 0.0444. The molecule has 2 rings (SSSR count). The Bertz CT molecular complexity index is 852. The molecule has 1 amide bonds. The molecule has 0 aromatic carbocycles. The van der Waals surface area contributed by atoms with Crippen LogP contribution in [0.5, 0.6) is 0 Å². The van der Waals surface area contributed by atoms with E-state index >= 15 is 0 Å². The van der Waals surface area contributed by atoms with Crippen LogP contribution in [-0.4, -0.2) is 51.9 Å². The van der Waals surface area contributed by atoms with Crippen molar-refractivity contribution in [1.29, 1.82) is 0 Å². The summed E-state index contributed by atoms with van der Waals surface area (Å²) in [6.07, 6.45) is 2.00. The number of aryl methyl sites for hydroxylation is 2. The molecule has 0 spiro atoms. The molecule has 27 heavy (non-hydrogen) atoms. The van der Waals surface area contributed by atoms with E-state index in [-0.39, 0.29) is 18.0 Å². The summed E-state index contributed by atoms with van der Waals surface area (Å²) in [4.78, 5) is 36.6. The third-order valence-electron chi connectivity index (χ3n) is 5.19. The molecular formula is C20H32N4O2S. The van der Waals surface area contributed by atoms with Gasteiger partial charge >= 0.3 is 0 Å². The molecule has 0 bridgehead atoms. The van der Waals surface area contributed by atoms with E-state index in [0.29, 0.717) is 24.3 Å². The second kappa shape index (κ2) is 9.46. The summed E-state index contributed by atoms with van der Waals surface area (Å²) in [6, 6.07) is 0. The van der Waals surface area contributed by atoms with Crippen molar-refractivity contribution in [3.8, 4) is 0 Å². The normalized spacial score (nSPS) is 11.5. The van der Waals surface area contributed by atoms with Crippen molar-refractivity contribution in [3.63, 3.8) is 0 Å². The zero-order valence-corrected chi connectivity index (χ0v) is 18.3. The topological polar surface area (TPSA) is 58.4 Å². The molecule has 0 aliphatic heterocycles. The summed E-state index contributed by atoms with van der Waals surface area (Å²) >= 11 is 1.56. The maximum absolute atomic E-state index is 13.3. The first-order valence-corrected chi connectivity index (χ1v) is 10.6. The summed E-state index contributed by atoms with van der Waals surface area (Å²) < 4.78 is 1.59. The molecule has 0 saturated carbocycles. The fourth-order valence-electron chi connectivity index (χ4n) is 3.08. The molecule has 0 atom stereocenters.